The highest BCUT2D eigenvalue weighted by atomic mass is 16.4. The molecule has 0 radical (unpaired) electrons. The summed E-state index contributed by atoms with van der Waals surface area (Å²) in [5, 5.41) is 9.24. The van der Waals surface area contributed by atoms with Crippen LogP contribution in [0.25, 0.3) is 5.65 Å². The number of aliphatic carboxylic acids is 1. The van der Waals surface area contributed by atoms with Crippen LogP contribution in [0, 0.1) is 6.92 Å². The van der Waals surface area contributed by atoms with E-state index in [1.807, 2.05) is 60.0 Å². The fourth-order valence-electron chi connectivity index (χ4n) is 2.62. The highest BCUT2D eigenvalue weighted by Crippen LogP contribution is 2.28. The first-order chi connectivity index (χ1) is 10.1. The molecule has 0 spiro atoms. The molecule has 2 heterocycles. The summed E-state index contributed by atoms with van der Waals surface area (Å²) in [6.07, 6.45) is 3.82. The molecule has 106 valence electrons. The number of hydrogen-bond acceptors (Lipinski definition) is 2. The average Bonchev–Trinajstić information content (AvgIpc) is 2.88. The van der Waals surface area contributed by atoms with E-state index in [4.69, 9.17) is 0 Å². The number of aromatic nitrogens is 2. The second-order valence-corrected chi connectivity index (χ2v) is 5.18. The summed E-state index contributed by atoms with van der Waals surface area (Å²) < 4.78 is 1.98. The fraction of sp³-hybridized carbons (Fsp3) is 0.176. The van der Waals surface area contributed by atoms with Gasteiger partial charge in [0.2, 0.25) is 0 Å². The van der Waals surface area contributed by atoms with E-state index in [0.717, 1.165) is 22.5 Å². The predicted octanol–water partition coefficient (Wildman–Crippen LogP) is 3.25. The van der Waals surface area contributed by atoms with E-state index >= 15 is 0 Å². The Balaban J connectivity index is 2.14. The number of nitrogens with zero attached hydrogens (tertiary/aromatic N) is 2. The topological polar surface area (TPSA) is 54.6 Å². The number of benzene rings is 1. The van der Waals surface area contributed by atoms with Crippen molar-refractivity contribution in [1.82, 2.24) is 9.38 Å². The van der Waals surface area contributed by atoms with Gasteiger partial charge in [-0.25, -0.2) is 4.98 Å². The minimum absolute atomic E-state index is 0.0474. The van der Waals surface area contributed by atoms with Crippen LogP contribution in [0.4, 0.5) is 0 Å². The predicted molar refractivity (Wildman–Crippen MR) is 80.5 cm³/mol. The van der Waals surface area contributed by atoms with Gasteiger partial charge in [0, 0.05) is 18.3 Å². The third-order valence-electron chi connectivity index (χ3n) is 3.62. The van der Waals surface area contributed by atoms with Gasteiger partial charge in [-0.05, 0) is 24.1 Å². The van der Waals surface area contributed by atoms with Gasteiger partial charge in [0.25, 0.3) is 0 Å². The lowest BCUT2D eigenvalue weighted by Gasteiger charge is -2.15. The summed E-state index contributed by atoms with van der Waals surface area (Å²) >= 11 is 0. The summed E-state index contributed by atoms with van der Waals surface area (Å²) in [6, 6.07) is 13.7. The molecular weight excluding hydrogens is 264 g/mol. The van der Waals surface area contributed by atoms with Gasteiger partial charge in [0.1, 0.15) is 5.65 Å². The zero-order valence-corrected chi connectivity index (χ0v) is 11.7. The van der Waals surface area contributed by atoms with Crippen molar-refractivity contribution in [3.05, 3.63) is 71.7 Å². The number of aryl methyl sites for hydroxylation is 1. The van der Waals surface area contributed by atoms with E-state index in [1.165, 1.54) is 0 Å². The first kappa shape index (κ1) is 13.4. The number of fused-ring (bicyclic) bond motifs is 1. The number of carboxylic acid groups (broad SMARTS) is 1. The molecule has 0 amide bonds. The third kappa shape index (κ3) is 2.65. The van der Waals surface area contributed by atoms with E-state index in [2.05, 4.69) is 4.98 Å². The highest BCUT2D eigenvalue weighted by molar-refractivity contribution is 5.69. The normalized spacial score (nSPS) is 12.4. The van der Waals surface area contributed by atoms with E-state index in [1.54, 1.807) is 6.20 Å². The number of rotatable bonds is 4. The minimum Gasteiger partial charge on any atom is -0.481 e. The van der Waals surface area contributed by atoms with Gasteiger partial charge in [0.05, 0.1) is 12.1 Å². The maximum absolute atomic E-state index is 11.3. The van der Waals surface area contributed by atoms with Crippen molar-refractivity contribution in [3.63, 3.8) is 0 Å². The summed E-state index contributed by atoms with van der Waals surface area (Å²) in [5.41, 5.74) is 3.84. The highest BCUT2D eigenvalue weighted by Gasteiger charge is 2.21. The molecule has 3 aromatic rings. The first-order valence-corrected chi connectivity index (χ1v) is 6.85. The van der Waals surface area contributed by atoms with Crippen molar-refractivity contribution in [2.75, 3.05) is 0 Å². The first-order valence-electron chi connectivity index (χ1n) is 6.85. The van der Waals surface area contributed by atoms with Crippen LogP contribution in [0.15, 0.2) is 54.9 Å². The Morgan fingerprint density at radius 3 is 2.71 bits per heavy atom. The summed E-state index contributed by atoms with van der Waals surface area (Å²) in [7, 11) is 0. The Morgan fingerprint density at radius 2 is 2.00 bits per heavy atom. The minimum atomic E-state index is -0.813. The van der Waals surface area contributed by atoms with Crippen LogP contribution in [-0.2, 0) is 4.79 Å². The molecule has 2 aromatic heterocycles. The van der Waals surface area contributed by atoms with E-state index in [-0.39, 0.29) is 12.3 Å². The van der Waals surface area contributed by atoms with Crippen LogP contribution >= 0.6 is 0 Å². The fourth-order valence-corrected chi connectivity index (χ4v) is 2.62. The second kappa shape index (κ2) is 5.40. The number of hydrogen-bond donors (Lipinski definition) is 1. The van der Waals surface area contributed by atoms with Crippen LogP contribution in [0.2, 0.25) is 0 Å². The Bertz CT molecular complexity index is 778. The lowest BCUT2D eigenvalue weighted by Crippen LogP contribution is -2.10. The molecule has 4 heteroatoms. The molecule has 1 atom stereocenters. The maximum atomic E-state index is 11.3. The van der Waals surface area contributed by atoms with Crippen LogP contribution in [0.5, 0.6) is 0 Å². The van der Waals surface area contributed by atoms with Crippen molar-refractivity contribution in [2.24, 2.45) is 0 Å². The van der Waals surface area contributed by atoms with Crippen molar-refractivity contribution < 1.29 is 9.90 Å². The molecule has 0 saturated carbocycles. The number of imidazole rings is 1. The largest absolute Gasteiger partial charge is 0.481 e. The van der Waals surface area contributed by atoms with E-state index in [9.17, 15) is 9.90 Å². The van der Waals surface area contributed by atoms with Crippen molar-refractivity contribution in [3.8, 4) is 0 Å². The monoisotopic (exact) mass is 280 g/mol. The molecule has 3 rings (SSSR count). The molecule has 4 nitrogen and oxygen atoms in total. The SMILES string of the molecule is Cc1ccc2ncc(C(CC(=O)O)c3ccccc3)n2c1. The molecule has 21 heavy (non-hydrogen) atoms. The van der Waals surface area contributed by atoms with Crippen LogP contribution < -0.4 is 0 Å². The van der Waals surface area contributed by atoms with Crippen molar-refractivity contribution in [1.29, 1.82) is 0 Å². The Labute approximate surface area is 122 Å². The molecule has 0 fully saturated rings. The number of pyridine rings is 1. The van der Waals surface area contributed by atoms with Crippen molar-refractivity contribution >= 4 is 11.6 Å². The molecule has 0 saturated heterocycles. The van der Waals surface area contributed by atoms with Gasteiger partial charge in [0.15, 0.2) is 0 Å². The Hall–Kier alpha value is -2.62. The lowest BCUT2D eigenvalue weighted by atomic mass is 9.93. The summed E-state index contributed by atoms with van der Waals surface area (Å²) in [4.78, 5) is 15.6. The van der Waals surface area contributed by atoms with E-state index in [0.29, 0.717) is 0 Å². The zero-order chi connectivity index (χ0) is 14.8. The molecule has 1 aromatic carbocycles. The zero-order valence-electron chi connectivity index (χ0n) is 11.7. The van der Waals surface area contributed by atoms with Gasteiger partial charge in [-0.2, -0.15) is 0 Å². The molecule has 1 N–H and O–H groups in total. The summed E-state index contributed by atoms with van der Waals surface area (Å²) in [6.45, 7) is 2.01. The Morgan fingerprint density at radius 1 is 1.24 bits per heavy atom. The van der Waals surface area contributed by atoms with Crippen LogP contribution in [0.1, 0.15) is 29.2 Å². The van der Waals surface area contributed by atoms with Crippen LogP contribution in [0.3, 0.4) is 0 Å². The molecule has 0 aliphatic heterocycles. The van der Waals surface area contributed by atoms with Gasteiger partial charge in [-0.15, -0.1) is 0 Å². The van der Waals surface area contributed by atoms with Gasteiger partial charge in [-0.1, -0.05) is 36.4 Å². The molecule has 1 unspecified atom stereocenters. The standard InChI is InChI=1S/C17H16N2O2/c1-12-7-8-16-18-10-15(19(16)11-12)14(9-17(20)21)13-5-3-2-4-6-13/h2-8,10-11,14H,9H2,1H3,(H,20,21). The quantitative estimate of drug-likeness (QED) is 0.798. The van der Waals surface area contributed by atoms with Gasteiger partial charge in [-0.3, -0.25) is 4.79 Å². The van der Waals surface area contributed by atoms with E-state index < -0.39 is 5.97 Å². The average molecular weight is 280 g/mol. The van der Waals surface area contributed by atoms with Crippen molar-refractivity contribution in [2.45, 2.75) is 19.3 Å². The summed E-state index contributed by atoms with van der Waals surface area (Å²) in [5.74, 6) is -1.02. The molecule has 0 bridgehead atoms. The molecular formula is C17H16N2O2. The smallest absolute Gasteiger partial charge is 0.304 e. The second-order valence-electron chi connectivity index (χ2n) is 5.18. The third-order valence-corrected chi connectivity index (χ3v) is 3.62. The van der Waals surface area contributed by atoms with Gasteiger partial charge < -0.3 is 9.51 Å². The Kier molecular flexibility index (Phi) is 3.44. The van der Waals surface area contributed by atoms with Gasteiger partial charge >= 0.3 is 5.97 Å². The number of carboxylic acids is 1. The molecule has 0 aliphatic carbocycles. The number of carbonyl (C=O) groups is 1. The molecule has 0 aliphatic rings. The lowest BCUT2D eigenvalue weighted by molar-refractivity contribution is -0.137. The maximum Gasteiger partial charge on any atom is 0.304 e. The van der Waals surface area contributed by atoms with Crippen LogP contribution in [-0.4, -0.2) is 20.5 Å².